The van der Waals surface area contributed by atoms with Crippen LogP contribution in [0.5, 0.6) is 0 Å². The molecule has 1 amide bonds. The number of thiophene rings is 1. The third kappa shape index (κ3) is 3.55. The van der Waals surface area contributed by atoms with Crippen molar-refractivity contribution in [1.82, 2.24) is 19.9 Å². The van der Waals surface area contributed by atoms with Gasteiger partial charge in [-0.3, -0.25) is 9.78 Å². The second kappa shape index (κ2) is 7.07. The summed E-state index contributed by atoms with van der Waals surface area (Å²) in [6.45, 7) is 3.33. The van der Waals surface area contributed by atoms with Gasteiger partial charge in [0.05, 0.1) is 27.5 Å². The van der Waals surface area contributed by atoms with E-state index in [1.54, 1.807) is 17.2 Å². The number of nitrogens with zero attached hydrogens (tertiary/aromatic N) is 4. The van der Waals surface area contributed by atoms with Crippen LogP contribution in [0.25, 0.3) is 10.2 Å². The maximum Gasteiger partial charge on any atom is 0.274 e. The van der Waals surface area contributed by atoms with E-state index in [0.29, 0.717) is 32.4 Å². The molecule has 140 valence electrons. The van der Waals surface area contributed by atoms with Gasteiger partial charge in [0, 0.05) is 19.3 Å². The Bertz CT molecular complexity index is 1000. The van der Waals surface area contributed by atoms with Crippen molar-refractivity contribution in [3.8, 4) is 0 Å². The van der Waals surface area contributed by atoms with Crippen LogP contribution in [-0.4, -0.2) is 38.8 Å². The number of pyridine rings is 1. The van der Waals surface area contributed by atoms with E-state index in [1.165, 1.54) is 17.4 Å². The van der Waals surface area contributed by atoms with Gasteiger partial charge in [0.2, 0.25) is 5.95 Å². The number of anilines is 2. The average molecular weight is 386 g/mol. The van der Waals surface area contributed by atoms with Gasteiger partial charge in [-0.05, 0) is 37.5 Å². The van der Waals surface area contributed by atoms with Crippen LogP contribution >= 0.6 is 11.3 Å². The highest BCUT2D eigenvalue weighted by atomic mass is 32.1. The van der Waals surface area contributed by atoms with E-state index < -0.39 is 5.82 Å². The first-order valence-electron chi connectivity index (χ1n) is 8.74. The molecule has 1 saturated heterocycles. The fourth-order valence-electron chi connectivity index (χ4n) is 3.17. The van der Waals surface area contributed by atoms with E-state index in [4.69, 9.17) is 5.73 Å². The molecule has 3 aromatic rings. The Morgan fingerprint density at radius 1 is 1.30 bits per heavy atom. The Labute approximate surface area is 159 Å². The molecule has 1 atom stereocenters. The molecular formula is C18H19FN6OS. The van der Waals surface area contributed by atoms with E-state index in [-0.39, 0.29) is 11.9 Å². The molecule has 0 saturated carbocycles. The monoisotopic (exact) mass is 386 g/mol. The third-order valence-corrected chi connectivity index (χ3v) is 5.52. The van der Waals surface area contributed by atoms with Crippen LogP contribution in [0, 0.1) is 5.82 Å². The van der Waals surface area contributed by atoms with Crippen LogP contribution in [0.3, 0.4) is 0 Å². The molecule has 0 spiro atoms. The molecule has 0 aromatic carbocycles. The van der Waals surface area contributed by atoms with E-state index in [9.17, 15) is 9.18 Å². The van der Waals surface area contributed by atoms with E-state index >= 15 is 0 Å². The van der Waals surface area contributed by atoms with Crippen molar-refractivity contribution in [2.24, 2.45) is 0 Å². The number of hydrogen-bond donors (Lipinski definition) is 2. The van der Waals surface area contributed by atoms with Crippen LogP contribution < -0.4 is 11.1 Å². The summed E-state index contributed by atoms with van der Waals surface area (Å²) in [7, 11) is 0. The molecule has 1 aliphatic heterocycles. The van der Waals surface area contributed by atoms with Crippen molar-refractivity contribution in [2.75, 3.05) is 24.1 Å². The van der Waals surface area contributed by atoms with Gasteiger partial charge in [-0.15, -0.1) is 11.3 Å². The van der Waals surface area contributed by atoms with Crippen LogP contribution in [0.2, 0.25) is 0 Å². The van der Waals surface area contributed by atoms with Gasteiger partial charge in [-0.25, -0.2) is 14.4 Å². The number of nitrogen functional groups attached to an aromatic ring is 1. The lowest BCUT2D eigenvalue weighted by Crippen LogP contribution is -2.28. The van der Waals surface area contributed by atoms with E-state index in [2.05, 4.69) is 20.3 Å². The molecule has 1 fully saturated rings. The topological polar surface area (TPSA) is 97.0 Å². The van der Waals surface area contributed by atoms with Crippen molar-refractivity contribution in [3.63, 3.8) is 0 Å². The van der Waals surface area contributed by atoms with Gasteiger partial charge in [-0.1, -0.05) is 0 Å². The molecule has 3 aromatic heterocycles. The summed E-state index contributed by atoms with van der Waals surface area (Å²) in [4.78, 5) is 27.6. The molecule has 27 heavy (non-hydrogen) atoms. The molecular weight excluding hydrogens is 367 g/mol. The summed E-state index contributed by atoms with van der Waals surface area (Å²) in [6.07, 6.45) is 4.74. The van der Waals surface area contributed by atoms with Crippen LogP contribution in [0.1, 0.15) is 41.9 Å². The smallest absolute Gasteiger partial charge is 0.274 e. The highest BCUT2D eigenvalue weighted by Gasteiger charge is 2.25. The molecule has 7 nitrogen and oxygen atoms in total. The Kier molecular flexibility index (Phi) is 4.61. The van der Waals surface area contributed by atoms with E-state index in [1.807, 2.05) is 6.92 Å². The summed E-state index contributed by atoms with van der Waals surface area (Å²) < 4.78 is 14.1. The largest absolute Gasteiger partial charge is 0.391 e. The minimum Gasteiger partial charge on any atom is -0.391 e. The average Bonchev–Trinajstić information content (AvgIpc) is 3.29. The maximum absolute atomic E-state index is 13.4. The van der Waals surface area contributed by atoms with Crippen molar-refractivity contribution >= 4 is 38.4 Å². The van der Waals surface area contributed by atoms with Crippen molar-refractivity contribution < 1.29 is 9.18 Å². The van der Waals surface area contributed by atoms with Crippen molar-refractivity contribution in [2.45, 2.75) is 25.8 Å². The lowest BCUT2D eigenvalue weighted by molar-refractivity contribution is 0.0789. The quantitative estimate of drug-likeness (QED) is 0.715. The number of nitrogens with two attached hydrogens (primary N) is 1. The molecule has 0 unspecified atom stereocenters. The molecule has 0 aliphatic carbocycles. The molecule has 4 heterocycles. The maximum atomic E-state index is 13.4. The summed E-state index contributed by atoms with van der Waals surface area (Å²) in [5, 5.41) is 3.71. The Morgan fingerprint density at radius 2 is 2.07 bits per heavy atom. The molecule has 0 bridgehead atoms. The van der Waals surface area contributed by atoms with Gasteiger partial charge >= 0.3 is 0 Å². The van der Waals surface area contributed by atoms with E-state index in [0.717, 1.165) is 32.1 Å². The van der Waals surface area contributed by atoms with Gasteiger partial charge in [0.25, 0.3) is 5.91 Å². The SMILES string of the molecule is C[C@H](Nc1nc(C(=O)N2CCCC2)c2sc(N)cc2n1)c1cncc(F)c1. The fourth-order valence-corrected chi connectivity index (χ4v) is 4.01. The Balaban J connectivity index is 1.69. The highest BCUT2D eigenvalue weighted by Crippen LogP contribution is 2.31. The summed E-state index contributed by atoms with van der Waals surface area (Å²) >= 11 is 1.31. The van der Waals surface area contributed by atoms with Gasteiger partial charge in [0.15, 0.2) is 5.69 Å². The zero-order valence-electron chi connectivity index (χ0n) is 14.8. The minimum absolute atomic E-state index is 0.107. The summed E-state index contributed by atoms with van der Waals surface area (Å²) in [5.74, 6) is -0.211. The molecule has 3 N–H and O–H groups in total. The Morgan fingerprint density at radius 3 is 2.81 bits per heavy atom. The first kappa shape index (κ1) is 17.6. The van der Waals surface area contributed by atoms with Gasteiger partial charge in [-0.2, -0.15) is 0 Å². The predicted octanol–water partition coefficient (Wildman–Crippen LogP) is 3.22. The van der Waals surface area contributed by atoms with Crippen molar-refractivity contribution in [1.29, 1.82) is 0 Å². The van der Waals surface area contributed by atoms with Crippen molar-refractivity contribution in [3.05, 3.63) is 41.6 Å². The number of carbonyl (C=O) groups is 1. The lowest BCUT2D eigenvalue weighted by atomic mass is 10.1. The van der Waals surface area contributed by atoms with Crippen LogP contribution in [0.4, 0.5) is 15.3 Å². The number of carbonyl (C=O) groups excluding carboxylic acids is 1. The minimum atomic E-state index is -0.409. The molecule has 1 aliphatic rings. The van der Waals surface area contributed by atoms with Crippen LogP contribution in [0.15, 0.2) is 24.5 Å². The lowest BCUT2D eigenvalue weighted by Gasteiger charge is -2.17. The number of halogens is 1. The highest BCUT2D eigenvalue weighted by molar-refractivity contribution is 7.22. The van der Waals surface area contributed by atoms with Crippen LogP contribution in [-0.2, 0) is 0 Å². The molecule has 4 rings (SSSR count). The number of rotatable bonds is 4. The standard InChI is InChI=1S/C18H19FN6OS/c1-10(11-6-12(19)9-21-8-11)22-18-23-13-7-14(20)27-16(13)15(24-18)17(26)25-4-2-3-5-25/h6-10H,2-5,20H2,1H3,(H,22,23,24)/t10-/m0/s1. The number of nitrogens with one attached hydrogen (secondary N) is 1. The first-order chi connectivity index (χ1) is 13.0. The Hall–Kier alpha value is -2.81. The van der Waals surface area contributed by atoms with Gasteiger partial charge in [0.1, 0.15) is 5.82 Å². The number of likely N-dealkylation sites (tertiary alicyclic amines) is 1. The second-order valence-electron chi connectivity index (χ2n) is 6.56. The third-order valence-electron chi connectivity index (χ3n) is 4.56. The van der Waals surface area contributed by atoms with Gasteiger partial charge < -0.3 is 16.0 Å². The fraction of sp³-hybridized carbons (Fsp3) is 0.333. The zero-order chi connectivity index (χ0) is 19.0. The molecule has 0 radical (unpaired) electrons. The normalized spacial score (nSPS) is 15.3. The summed E-state index contributed by atoms with van der Waals surface area (Å²) in [6, 6.07) is 2.86. The second-order valence-corrected chi connectivity index (χ2v) is 7.64. The molecule has 9 heteroatoms. The number of hydrogen-bond acceptors (Lipinski definition) is 7. The number of aromatic nitrogens is 3. The zero-order valence-corrected chi connectivity index (χ0v) is 15.6. The number of fused-ring (bicyclic) bond motifs is 1. The number of amides is 1. The summed E-state index contributed by atoms with van der Waals surface area (Å²) in [5.41, 5.74) is 7.57. The predicted molar refractivity (Wildman–Crippen MR) is 103 cm³/mol. The first-order valence-corrected chi connectivity index (χ1v) is 9.56.